The maximum atomic E-state index is 13.2. The van der Waals surface area contributed by atoms with Crippen molar-refractivity contribution >= 4 is 21.6 Å². The summed E-state index contributed by atoms with van der Waals surface area (Å²) in [7, 11) is 0. The monoisotopic (exact) mass is 348 g/mol. The minimum Gasteiger partial charge on any atom is -0.398 e. The number of benzene rings is 2. The second-order valence-corrected chi connectivity index (χ2v) is 6.43. The molecule has 0 aliphatic heterocycles. The van der Waals surface area contributed by atoms with Crippen molar-refractivity contribution in [3.05, 3.63) is 63.9 Å². The Bertz CT molecular complexity index is 640. The van der Waals surface area contributed by atoms with Gasteiger partial charge in [0.2, 0.25) is 0 Å². The lowest BCUT2D eigenvalue weighted by molar-refractivity contribution is 0.245. The molecule has 0 radical (unpaired) electrons. The zero-order chi connectivity index (χ0) is 14.8. The number of rotatable bonds is 5. The Morgan fingerprint density at radius 2 is 1.81 bits per heavy atom. The van der Waals surface area contributed by atoms with Gasteiger partial charge in [-0.1, -0.05) is 40.2 Å². The average molecular weight is 349 g/mol. The van der Waals surface area contributed by atoms with Crippen LogP contribution in [0, 0.1) is 5.82 Å². The quantitative estimate of drug-likeness (QED) is 0.814. The van der Waals surface area contributed by atoms with Crippen LogP contribution in [0.3, 0.4) is 0 Å². The van der Waals surface area contributed by atoms with E-state index in [1.54, 1.807) is 0 Å². The normalized spacial score (nSPS) is 14.6. The first-order valence-corrected chi connectivity index (χ1v) is 7.94. The Labute approximate surface area is 132 Å². The van der Waals surface area contributed by atoms with Crippen LogP contribution in [0.2, 0.25) is 0 Å². The zero-order valence-corrected chi connectivity index (χ0v) is 13.3. The standard InChI is InChI=1S/C17H18BrFN2/c18-16-9-14(19)6-5-12(16)10-21(15-7-8-15)11-13-3-1-2-4-17(13)20/h1-6,9,15H,7-8,10-11,20H2. The molecular weight excluding hydrogens is 331 g/mol. The summed E-state index contributed by atoms with van der Waals surface area (Å²) in [4.78, 5) is 2.42. The van der Waals surface area contributed by atoms with Gasteiger partial charge in [0.1, 0.15) is 5.82 Å². The third-order valence-electron chi connectivity index (χ3n) is 3.88. The molecule has 4 heteroatoms. The molecule has 2 aromatic carbocycles. The third kappa shape index (κ3) is 3.63. The average Bonchev–Trinajstić information content (AvgIpc) is 3.27. The highest BCUT2D eigenvalue weighted by molar-refractivity contribution is 9.10. The van der Waals surface area contributed by atoms with Crippen LogP contribution < -0.4 is 5.73 Å². The molecule has 0 heterocycles. The number of halogens is 2. The molecule has 21 heavy (non-hydrogen) atoms. The molecule has 110 valence electrons. The van der Waals surface area contributed by atoms with E-state index in [0.717, 1.165) is 34.4 Å². The van der Waals surface area contributed by atoms with Gasteiger partial charge in [0.15, 0.2) is 0 Å². The lowest BCUT2D eigenvalue weighted by atomic mass is 10.1. The molecule has 2 aromatic rings. The van der Waals surface area contributed by atoms with Gasteiger partial charge in [0.25, 0.3) is 0 Å². The summed E-state index contributed by atoms with van der Waals surface area (Å²) in [5.41, 5.74) is 9.15. The van der Waals surface area contributed by atoms with Gasteiger partial charge < -0.3 is 5.73 Å². The molecule has 3 rings (SSSR count). The summed E-state index contributed by atoms with van der Waals surface area (Å²) in [6, 6.07) is 13.5. The van der Waals surface area contributed by atoms with Gasteiger partial charge in [-0.25, -0.2) is 4.39 Å². The van der Waals surface area contributed by atoms with Crippen LogP contribution >= 0.6 is 15.9 Å². The third-order valence-corrected chi connectivity index (χ3v) is 4.62. The molecule has 1 saturated carbocycles. The second-order valence-electron chi connectivity index (χ2n) is 5.57. The van der Waals surface area contributed by atoms with E-state index >= 15 is 0 Å². The van der Waals surface area contributed by atoms with Gasteiger partial charge in [-0.15, -0.1) is 0 Å². The fourth-order valence-corrected chi connectivity index (χ4v) is 3.00. The molecule has 0 amide bonds. The van der Waals surface area contributed by atoms with E-state index in [9.17, 15) is 4.39 Å². The van der Waals surface area contributed by atoms with Crippen LogP contribution in [0.15, 0.2) is 46.9 Å². The topological polar surface area (TPSA) is 29.3 Å². The van der Waals surface area contributed by atoms with Crippen molar-refractivity contribution in [1.82, 2.24) is 4.90 Å². The molecule has 0 bridgehead atoms. The number of nitrogens with two attached hydrogens (primary N) is 1. The second kappa shape index (κ2) is 6.16. The fraction of sp³-hybridized carbons (Fsp3) is 0.294. The SMILES string of the molecule is Nc1ccccc1CN(Cc1ccc(F)cc1Br)C1CC1. The maximum Gasteiger partial charge on any atom is 0.124 e. The minimum absolute atomic E-state index is 0.212. The number of anilines is 1. The molecule has 0 atom stereocenters. The van der Waals surface area contributed by atoms with Crippen molar-refractivity contribution in [2.45, 2.75) is 32.0 Å². The lowest BCUT2D eigenvalue weighted by Crippen LogP contribution is -2.25. The predicted molar refractivity (Wildman–Crippen MR) is 87.2 cm³/mol. The fourth-order valence-electron chi connectivity index (χ4n) is 2.52. The molecular formula is C17H18BrFN2. The van der Waals surface area contributed by atoms with Gasteiger partial charge in [-0.3, -0.25) is 4.90 Å². The van der Waals surface area contributed by atoms with Crippen molar-refractivity contribution in [2.75, 3.05) is 5.73 Å². The van der Waals surface area contributed by atoms with Crippen molar-refractivity contribution in [3.8, 4) is 0 Å². The molecule has 1 aliphatic rings. The smallest absolute Gasteiger partial charge is 0.124 e. The summed E-state index contributed by atoms with van der Waals surface area (Å²) < 4.78 is 14.0. The van der Waals surface area contributed by atoms with Crippen molar-refractivity contribution in [1.29, 1.82) is 0 Å². The first kappa shape index (κ1) is 14.5. The maximum absolute atomic E-state index is 13.2. The summed E-state index contributed by atoms with van der Waals surface area (Å²) >= 11 is 3.45. The number of nitrogens with zero attached hydrogens (tertiary/aromatic N) is 1. The van der Waals surface area contributed by atoms with E-state index in [1.807, 2.05) is 24.3 Å². The Morgan fingerprint density at radius 1 is 1.10 bits per heavy atom. The molecule has 0 saturated heterocycles. The van der Waals surface area contributed by atoms with Gasteiger partial charge in [0, 0.05) is 29.3 Å². The highest BCUT2D eigenvalue weighted by atomic mass is 79.9. The molecule has 1 aliphatic carbocycles. The summed E-state index contributed by atoms with van der Waals surface area (Å²) in [6.07, 6.45) is 2.46. The molecule has 2 N–H and O–H groups in total. The highest BCUT2D eigenvalue weighted by Gasteiger charge is 2.29. The summed E-state index contributed by atoms with van der Waals surface area (Å²) in [5.74, 6) is -0.212. The number of hydrogen-bond acceptors (Lipinski definition) is 2. The predicted octanol–water partition coefficient (Wildman–Crippen LogP) is 4.34. The molecule has 1 fully saturated rings. The molecule has 0 aromatic heterocycles. The molecule has 0 unspecified atom stereocenters. The van der Waals surface area contributed by atoms with Crippen molar-refractivity contribution in [2.24, 2.45) is 0 Å². The van der Waals surface area contributed by atoms with Crippen LogP contribution in [0.4, 0.5) is 10.1 Å². The van der Waals surface area contributed by atoms with E-state index in [1.165, 1.54) is 25.0 Å². The van der Waals surface area contributed by atoms with Crippen LogP contribution in [-0.2, 0) is 13.1 Å². The van der Waals surface area contributed by atoms with Gasteiger partial charge in [-0.2, -0.15) is 0 Å². The largest absolute Gasteiger partial charge is 0.398 e. The van der Waals surface area contributed by atoms with E-state index in [4.69, 9.17) is 5.73 Å². The highest BCUT2D eigenvalue weighted by Crippen LogP contribution is 2.32. The molecule has 0 spiro atoms. The Morgan fingerprint density at radius 3 is 2.48 bits per heavy atom. The Kier molecular flexibility index (Phi) is 4.27. The Balaban J connectivity index is 1.78. The van der Waals surface area contributed by atoms with Crippen molar-refractivity contribution in [3.63, 3.8) is 0 Å². The van der Waals surface area contributed by atoms with E-state index in [2.05, 4.69) is 26.9 Å². The van der Waals surface area contributed by atoms with Crippen LogP contribution in [-0.4, -0.2) is 10.9 Å². The van der Waals surface area contributed by atoms with Crippen LogP contribution in [0.25, 0.3) is 0 Å². The zero-order valence-electron chi connectivity index (χ0n) is 11.7. The summed E-state index contributed by atoms with van der Waals surface area (Å²) in [5, 5.41) is 0. The summed E-state index contributed by atoms with van der Waals surface area (Å²) in [6.45, 7) is 1.64. The van der Waals surface area contributed by atoms with E-state index in [0.29, 0.717) is 6.04 Å². The van der Waals surface area contributed by atoms with Crippen molar-refractivity contribution < 1.29 is 4.39 Å². The number of nitrogen functional groups attached to an aromatic ring is 1. The van der Waals surface area contributed by atoms with Crippen LogP contribution in [0.5, 0.6) is 0 Å². The molecule has 2 nitrogen and oxygen atoms in total. The number of hydrogen-bond donors (Lipinski definition) is 1. The Hall–Kier alpha value is -1.39. The van der Waals surface area contributed by atoms with E-state index in [-0.39, 0.29) is 5.82 Å². The number of para-hydroxylation sites is 1. The van der Waals surface area contributed by atoms with E-state index < -0.39 is 0 Å². The lowest BCUT2D eigenvalue weighted by Gasteiger charge is -2.23. The first-order chi connectivity index (χ1) is 10.1. The van der Waals surface area contributed by atoms with Gasteiger partial charge in [0.05, 0.1) is 0 Å². The first-order valence-electron chi connectivity index (χ1n) is 7.15. The minimum atomic E-state index is -0.212. The van der Waals surface area contributed by atoms with Gasteiger partial charge >= 0.3 is 0 Å². The van der Waals surface area contributed by atoms with Crippen LogP contribution in [0.1, 0.15) is 24.0 Å². The van der Waals surface area contributed by atoms with Gasteiger partial charge in [-0.05, 0) is 42.2 Å².